The van der Waals surface area contributed by atoms with Gasteiger partial charge in [0, 0.05) is 17.9 Å². The standard InChI is InChI=1S/3C19H38O2.Pr/c3*1-2-3-4-5-6-7-8-9-10-11-12-13-14-15-16-17-18-19(20)21;/h3*2-18H2,1H3,(H,20,21);/q;;;+3/p-3. The normalized spacial score (nSPS) is 10.7. The molecule has 0 amide bonds. The van der Waals surface area contributed by atoms with Gasteiger partial charge in [0.2, 0.25) is 0 Å². The topological polar surface area (TPSA) is 120 Å². The van der Waals surface area contributed by atoms with Crippen LogP contribution in [0.2, 0.25) is 0 Å². The van der Waals surface area contributed by atoms with Gasteiger partial charge >= 0.3 is 41.3 Å². The fourth-order valence-corrected chi connectivity index (χ4v) is 8.45. The average Bonchev–Trinajstić information content (AvgIpc) is 3.26. The van der Waals surface area contributed by atoms with Crippen LogP contribution in [0.1, 0.15) is 348 Å². The third kappa shape index (κ3) is 78.9. The van der Waals surface area contributed by atoms with Gasteiger partial charge in [-0.2, -0.15) is 0 Å². The fraction of sp³-hybridized carbons (Fsp3) is 0.947. The number of hydrogen-bond acceptors (Lipinski definition) is 6. The van der Waals surface area contributed by atoms with E-state index in [0.717, 1.165) is 38.5 Å². The van der Waals surface area contributed by atoms with E-state index in [1.807, 2.05) is 0 Å². The van der Waals surface area contributed by atoms with E-state index in [2.05, 4.69) is 20.8 Å². The molecular formula is C57H111O6Pr. The Labute approximate surface area is 434 Å². The van der Waals surface area contributed by atoms with Gasteiger partial charge in [0.1, 0.15) is 0 Å². The molecule has 0 aliphatic rings. The molecule has 64 heavy (non-hydrogen) atoms. The summed E-state index contributed by atoms with van der Waals surface area (Å²) in [6.07, 6.45) is 64.0. The van der Waals surface area contributed by atoms with Crippen molar-refractivity contribution in [2.24, 2.45) is 0 Å². The molecule has 0 N–H and O–H groups in total. The van der Waals surface area contributed by atoms with Gasteiger partial charge in [0.15, 0.2) is 0 Å². The number of carboxylic acid groups (broad SMARTS) is 3. The van der Waals surface area contributed by atoms with Crippen molar-refractivity contribution in [2.75, 3.05) is 0 Å². The first-order chi connectivity index (χ1) is 30.8. The Balaban J connectivity index is -0.000000419. The molecule has 0 heterocycles. The largest absolute Gasteiger partial charge is 3.00 e. The van der Waals surface area contributed by atoms with Gasteiger partial charge in [-0.3, -0.25) is 0 Å². The molecule has 0 atom stereocenters. The molecule has 0 spiro atoms. The molecule has 0 bridgehead atoms. The quantitative estimate of drug-likeness (QED) is 0.0560. The minimum absolute atomic E-state index is 0. The predicted octanol–water partition coefficient (Wildman–Crippen LogP) is 16.2. The molecule has 0 fully saturated rings. The number of hydrogen-bond donors (Lipinski definition) is 0. The van der Waals surface area contributed by atoms with Crippen LogP contribution in [0.15, 0.2) is 0 Å². The second-order valence-electron chi connectivity index (χ2n) is 19.3. The van der Waals surface area contributed by atoms with Crippen molar-refractivity contribution in [3.05, 3.63) is 0 Å². The molecule has 0 radical (unpaired) electrons. The molecule has 0 rings (SSSR count). The maximum absolute atomic E-state index is 10.2. The van der Waals surface area contributed by atoms with Gasteiger partial charge in [0.25, 0.3) is 0 Å². The van der Waals surface area contributed by atoms with Crippen LogP contribution in [0.25, 0.3) is 0 Å². The molecule has 7 heteroatoms. The molecule has 0 aromatic heterocycles. The number of rotatable bonds is 51. The van der Waals surface area contributed by atoms with Gasteiger partial charge in [-0.05, 0) is 38.5 Å². The summed E-state index contributed by atoms with van der Waals surface area (Å²) in [5.74, 6) is -2.71. The van der Waals surface area contributed by atoms with Gasteiger partial charge in [0.05, 0.1) is 0 Å². The SMILES string of the molecule is CCCCCCCCCCCCCCCCCCC(=O)[O-].CCCCCCCCCCCCCCCCCCC(=O)[O-].CCCCCCCCCCCCCCCCCCC(=O)[O-].[Pr+3]. The van der Waals surface area contributed by atoms with Crippen molar-refractivity contribution in [2.45, 2.75) is 348 Å². The molecule has 0 aliphatic heterocycles. The first-order valence-electron chi connectivity index (χ1n) is 28.4. The summed E-state index contributed by atoms with van der Waals surface area (Å²) in [5.41, 5.74) is 0. The Hall–Kier alpha value is -0.226. The van der Waals surface area contributed by atoms with Gasteiger partial charge in [-0.1, -0.05) is 310 Å². The first-order valence-corrected chi connectivity index (χ1v) is 28.4. The maximum Gasteiger partial charge on any atom is 3.00 e. The second-order valence-corrected chi connectivity index (χ2v) is 19.3. The third-order valence-electron chi connectivity index (χ3n) is 12.7. The Kier molecular flexibility index (Phi) is 73.7. The monoisotopic (exact) mass is 1030 g/mol. The number of aliphatic carboxylic acids is 3. The van der Waals surface area contributed by atoms with E-state index in [1.54, 1.807) is 0 Å². The zero-order valence-electron chi connectivity index (χ0n) is 43.6. The molecule has 0 saturated heterocycles. The van der Waals surface area contributed by atoms with Crippen molar-refractivity contribution in [3.8, 4) is 0 Å². The minimum Gasteiger partial charge on any atom is -0.550 e. The van der Waals surface area contributed by atoms with E-state index in [1.165, 1.54) is 270 Å². The summed E-state index contributed by atoms with van der Waals surface area (Å²) < 4.78 is 0. The summed E-state index contributed by atoms with van der Waals surface area (Å²) in [7, 11) is 0. The smallest absolute Gasteiger partial charge is 0.550 e. The van der Waals surface area contributed by atoms with E-state index in [4.69, 9.17) is 0 Å². The fourth-order valence-electron chi connectivity index (χ4n) is 8.45. The Bertz CT molecular complexity index is 758. The molecule has 0 aromatic rings. The predicted molar refractivity (Wildman–Crippen MR) is 268 cm³/mol. The number of unbranched alkanes of at least 4 members (excludes halogenated alkanes) is 45. The molecule has 6 nitrogen and oxygen atoms in total. The van der Waals surface area contributed by atoms with E-state index in [9.17, 15) is 29.7 Å². The molecule has 0 unspecified atom stereocenters. The summed E-state index contributed by atoms with van der Waals surface area (Å²) in [5, 5.41) is 30.7. The summed E-state index contributed by atoms with van der Waals surface area (Å²) in [4.78, 5) is 30.7. The van der Waals surface area contributed by atoms with Crippen molar-refractivity contribution in [3.63, 3.8) is 0 Å². The molecule has 0 aromatic carbocycles. The van der Waals surface area contributed by atoms with Crippen molar-refractivity contribution >= 4 is 17.9 Å². The van der Waals surface area contributed by atoms with Crippen LogP contribution in [-0.4, -0.2) is 17.9 Å². The summed E-state index contributed by atoms with van der Waals surface area (Å²) in [6.45, 7) is 6.81. The maximum atomic E-state index is 10.2. The zero-order chi connectivity index (χ0) is 46.8. The van der Waals surface area contributed by atoms with Crippen LogP contribution in [0, 0.1) is 41.3 Å². The molecule has 378 valence electrons. The first kappa shape index (κ1) is 70.3. The van der Waals surface area contributed by atoms with Crippen LogP contribution in [-0.2, 0) is 14.4 Å². The van der Waals surface area contributed by atoms with Crippen molar-refractivity contribution in [1.82, 2.24) is 0 Å². The van der Waals surface area contributed by atoms with Crippen LogP contribution in [0.5, 0.6) is 0 Å². The van der Waals surface area contributed by atoms with E-state index >= 15 is 0 Å². The summed E-state index contributed by atoms with van der Waals surface area (Å²) >= 11 is 0. The molecular weight excluding hydrogens is 922 g/mol. The van der Waals surface area contributed by atoms with Crippen LogP contribution < -0.4 is 15.3 Å². The molecule has 0 saturated carbocycles. The number of carboxylic acids is 3. The van der Waals surface area contributed by atoms with E-state index in [-0.39, 0.29) is 60.6 Å². The third-order valence-corrected chi connectivity index (χ3v) is 12.7. The summed E-state index contributed by atoms with van der Waals surface area (Å²) in [6, 6.07) is 0. The van der Waals surface area contributed by atoms with Crippen LogP contribution in [0.4, 0.5) is 0 Å². The Morgan fingerprint density at radius 2 is 0.297 bits per heavy atom. The second kappa shape index (κ2) is 67.0. The van der Waals surface area contributed by atoms with Crippen LogP contribution in [0.3, 0.4) is 0 Å². The van der Waals surface area contributed by atoms with Gasteiger partial charge in [-0.25, -0.2) is 0 Å². The van der Waals surface area contributed by atoms with Crippen LogP contribution >= 0.6 is 0 Å². The van der Waals surface area contributed by atoms with Crippen molar-refractivity contribution < 1.29 is 71.0 Å². The van der Waals surface area contributed by atoms with Gasteiger partial charge < -0.3 is 29.7 Å². The Morgan fingerprint density at radius 1 is 0.203 bits per heavy atom. The number of carbonyl (C=O) groups is 3. The van der Waals surface area contributed by atoms with E-state index in [0.29, 0.717) is 0 Å². The van der Waals surface area contributed by atoms with Gasteiger partial charge in [-0.15, -0.1) is 0 Å². The van der Waals surface area contributed by atoms with E-state index < -0.39 is 17.9 Å². The Morgan fingerprint density at radius 3 is 0.391 bits per heavy atom. The zero-order valence-corrected chi connectivity index (χ0v) is 47.3. The average molecular weight is 1030 g/mol. The molecule has 0 aliphatic carbocycles. The number of carbonyl (C=O) groups excluding carboxylic acids is 3. The van der Waals surface area contributed by atoms with Crippen molar-refractivity contribution in [1.29, 1.82) is 0 Å². The minimum atomic E-state index is -0.902.